The van der Waals surface area contributed by atoms with Gasteiger partial charge in [0.25, 0.3) is 0 Å². The van der Waals surface area contributed by atoms with Crippen molar-refractivity contribution >= 4 is 0 Å². The van der Waals surface area contributed by atoms with Crippen LogP contribution in [-0.2, 0) is 9.47 Å². The molecule has 1 saturated heterocycles. The fraction of sp³-hybridized carbons (Fsp3) is 0.714. The van der Waals surface area contributed by atoms with Gasteiger partial charge in [-0.1, -0.05) is 34.9 Å². The Bertz CT molecular complexity index is 419. The van der Waals surface area contributed by atoms with Crippen LogP contribution in [0.5, 0.6) is 0 Å². The SMILES string of the molecule is CC(C)=CCC/C(C)=C/CC/C(C)=C/CCC1(C)OCCCO1. The first-order valence-corrected chi connectivity index (χ1v) is 9.14. The second-order valence-electron chi connectivity index (χ2n) is 7.18. The smallest absolute Gasteiger partial charge is 0.165 e. The quantitative estimate of drug-likeness (QED) is 0.461. The summed E-state index contributed by atoms with van der Waals surface area (Å²) in [6, 6.07) is 0. The molecule has 0 saturated carbocycles. The van der Waals surface area contributed by atoms with Gasteiger partial charge in [0, 0.05) is 6.42 Å². The van der Waals surface area contributed by atoms with E-state index in [2.05, 4.69) is 52.8 Å². The molecule has 0 radical (unpaired) electrons. The normalized spacial score (nSPS) is 18.8. The van der Waals surface area contributed by atoms with Crippen molar-refractivity contribution < 1.29 is 9.47 Å². The highest BCUT2D eigenvalue weighted by Crippen LogP contribution is 2.24. The minimum atomic E-state index is -0.365. The van der Waals surface area contributed by atoms with Gasteiger partial charge in [-0.2, -0.15) is 0 Å². The number of allylic oxidation sites excluding steroid dienone is 6. The number of rotatable bonds is 9. The zero-order chi connectivity index (χ0) is 17.1. The van der Waals surface area contributed by atoms with Gasteiger partial charge < -0.3 is 9.47 Å². The molecule has 0 bridgehead atoms. The molecule has 1 aliphatic heterocycles. The van der Waals surface area contributed by atoms with Gasteiger partial charge in [0.1, 0.15) is 0 Å². The van der Waals surface area contributed by atoms with E-state index in [4.69, 9.17) is 9.47 Å². The molecule has 0 aromatic rings. The molecule has 132 valence electrons. The zero-order valence-corrected chi connectivity index (χ0v) is 15.9. The van der Waals surface area contributed by atoms with Gasteiger partial charge in [-0.05, 0) is 73.1 Å². The van der Waals surface area contributed by atoms with Gasteiger partial charge in [-0.25, -0.2) is 0 Å². The summed E-state index contributed by atoms with van der Waals surface area (Å²) in [6.45, 7) is 12.5. The highest BCUT2D eigenvalue weighted by Gasteiger charge is 2.27. The predicted molar refractivity (Wildman–Crippen MR) is 99.6 cm³/mol. The Hall–Kier alpha value is -0.860. The van der Waals surface area contributed by atoms with Crippen LogP contribution in [0, 0.1) is 0 Å². The lowest BCUT2D eigenvalue weighted by Gasteiger charge is -2.33. The lowest BCUT2D eigenvalue weighted by atomic mass is 10.0. The van der Waals surface area contributed by atoms with Gasteiger partial charge in [0.2, 0.25) is 0 Å². The largest absolute Gasteiger partial charge is 0.350 e. The van der Waals surface area contributed by atoms with Crippen molar-refractivity contribution in [1.82, 2.24) is 0 Å². The Kier molecular flexibility index (Phi) is 9.50. The first kappa shape index (κ1) is 20.2. The summed E-state index contributed by atoms with van der Waals surface area (Å²) >= 11 is 0. The summed E-state index contributed by atoms with van der Waals surface area (Å²) in [5, 5.41) is 0. The van der Waals surface area contributed by atoms with E-state index in [1.807, 2.05) is 0 Å². The van der Waals surface area contributed by atoms with E-state index in [9.17, 15) is 0 Å². The summed E-state index contributed by atoms with van der Waals surface area (Å²) < 4.78 is 11.5. The molecule has 23 heavy (non-hydrogen) atoms. The Balaban J connectivity index is 2.21. The lowest BCUT2D eigenvalue weighted by Crippen LogP contribution is -2.37. The van der Waals surface area contributed by atoms with E-state index in [1.54, 1.807) is 0 Å². The van der Waals surface area contributed by atoms with Crippen LogP contribution in [-0.4, -0.2) is 19.0 Å². The van der Waals surface area contributed by atoms with Crippen molar-refractivity contribution in [1.29, 1.82) is 0 Å². The van der Waals surface area contributed by atoms with Crippen molar-refractivity contribution in [2.24, 2.45) is 0 Å². The standard InChI is InChI=1S/C21H36O2/c1-18(2)10-6-11-19(3)12-7-13-20(4)14-8-15-21(5)22-16-9-17-23-21/h10,12,14H,6-9,11,13,15-17H2,1-5H3/b19-12+,20-14+. The molecule has 0 aromatic heterocycles. The molecule has 0 N–H and O–H groups in total. The van der Waals surface area contributed by atoms with E-state index in [0.717, 1.165) is 51.7 Å². The monoisotopic (exact) mass is 320 g/mol. The third-order valence-corrected chi connectivity index (χ3v) is 4.32. The van der Waals surface area contributed by atoms with Crippen LogP contribution in [0.15, 0.2) is 34.9 Å². The van der Waals surface area contributed by atoms with Crippen LogP contribution >= 0.6 is 0 Å². The average Bonchev–Trinajstić information content (AvgIpc) is 2.47. The van der Waals surface area contributed by atoms with E-state index >= 15 is 0 Å². The third kappa shape index (κ3) is 9.78. The maximum absolute atomic E-state index is 5.75. The van der Waals surface area contributed by atoms with Crippen molar-refractivity contribution in [3.8, 4) is 0 Å². The Morgan fingerprint density at radius 2 is 1.35 bits per heavy atom. The number of hydrogen-bond acceptors (Lipinski definition) is 2. The number of ether oxygens (including phenoxy) is 2. The summed E-state index contributed by atoms with van der Waals surface area (Å²) in [4.78, 5) is 0. The van der Waals surface area contributed by atoms with Crippen LogP contribution < -0.4 is 0 Å². The molecule has 2 heteroatoms. The minimum Gasteiger partial charge on any atom is -0.350 e. The van der Waals surface area contributed by atoms with Crippen LogP contribution in [0.2, 0.25) is 0 Å². The Morgan fingerprint density at radius 1 is 0.826 bits per heavy atom. The third-order valence-electron chi connectivity index (χ3n) is 4.32. The second kappa shape index (κ2) is 10.8. The van der Waals surface area contributed by atoms with Crippen LogP contribution in [0.3, 0.4) is 0 Å². The molecular weight excluding hydrogens is 284 g/mol. The van der Waals surface area contributed by atoms with Crippen molar-refractivity contribution in [3.63, 3.8) is 0 Å². The zero-order valence-electron chi connectivity index (χ0n) is 15.9. The first-order chi connectivity index (χ1) is 10.9. The maximum Gasteiger partial charge on any atom is 0.165 e. The Morgan fingerprint density at radius 3 is 1.91 bits per heavy atom. The van der Waals surface area contributed by atoms with Gasteiger partial charge >= 0.3 is 0 Å². The highest BCUT2D eigenvalue weighted by molar-refractivity contribution is 5.05. The molecular formula is C21H36O2. The first-order valence-electron chi connectivity index (χ1n) is 9.14. The highest BCUT2D eigenvalue weighted by atomic mass is 16.7. The van der Waals surface area contributed by atoms with Gasteiger partial charge in [-0.3, -0.25) is 0 Å². The molecule has 2 nitrogen and oxygen atoms in total. The van der Waals surface area contributed by atoms with Crippen LogP contribution in [0.4, 0.5) is 0 Å². The Labute approximate surface area is 143 Å². The van der Waals surface area contributed by atoms with E-state index in [-0.39, 0.29) is 5.79 Å². The fourth-order valence-corrected chi connectivity index (χ4v) is 2.74. The van der Waals surface area contributed by atoms with Crippen molar-refractivity contribution in [3.05, 3.63) is 34.9 Å². The molecule has 1 fully saturated rings. The van der Waals surface area contributed by atoms with E-state index in [1.165, 1.54) is 23.1 Å². The summed E-state index contributed by atoms with van der Waals surface area (Å²) in [6.07, 6.45) is 14.7. The summed E-state index contributed by atoms with van der Waals surface area (Å²) in [5.41, 5.74) is 4.39. The van der Waals surface area contributed by atoms with Crippen molar-refractivity contribution in [2.45, 2.75) is 85.4 Å². The van der Waals surface area contributed by atoms with Crippen LogP contribution in [0.1, 0.15) is 79.6 Å². The molecule has 0 atom stereocenters. The fourth-order valence-electron chi connectivity index (χ4n) is 2.74. The molecule has 1 heterocycles. The second-order valence-corrected chi connectivity index (χ2v) is 7.18. The number of hydrogen-bond donors (Lipinski definition) is 0. The maximum atomic E-state index is 5.75. The topological polar surface area (TPSA) is 18.5 Å². The summed E-state index contributed by atoms with van der Waals surface area (Å²) in [5.74, 6) is -0.365. The van der Waals surface area contributed by atoms with Crippen molar-refractivity contribution in [2.75, 3.05) is 13.2 Å². The van der Waals surface area contributed by atoms with Gasteiger partial charge in [0.15, 0.2) is 5.79 Å². The van der Waals surface area contributed by atoms with Crippen LogP contribution in [0.25, 0.3) is 0 Å². The van der Waals surface area contributed by atoms with Gasteiger partial charge in [0.05, 0.1) is 13.2 Å². The lowest BCUT2D eigenvalue weighted by molar-refractivity contribution is -0.258. The predicted octanol–water partition coefficient (Wildman–Crippen LogP) is 6.34. The molecule has 0 aliphatic carbocycles. The summed E-state index contributed by atoms with van der Waals surface area (Å²) in [7, 11) is 0. The molecule has 0 spiro atoms. The molecule has 1 aliphatic rings. The van der Waals surface area contributed by atoms with E-state index in [0.29, 0.717) is 0 Å². The average molecular weight is 321 g/mol. The molecule has 0 amide bonds. The molecule has 0 unspecified atom stereocenters. The minimum absolute atomic E-state index is 0.365. The molecule has 1 rings (SSSR count). The molecule has 0 aromatic carbocycles. The van der Waals surface area contributed by atoms with Gasteiger partial charge in [-0.15, -0.1) is 0 Å². The van der Waals surface area contributed by atoms with E-state index < -0.39 is 0 Å².